The fourth-order valence-electron chi connectivity index (χ4n) is 1.99. The maximum atomic E-state index is 11.9. The van der Waals surface area contributed by atoms with Crippen LogP contribution in [-0.2, 0) is 4.79 Å². The van der Waals surface area contributed by atoms with Crippen LogP contribution >= 0.6 is 15.9 Å². The van der Waals surface area contributed by atoms with Crippen LogP contribution in [0.4, 0.5) is 11.4 Å². The van der Waals surface area contributed by atoms with Crippen LogP contribution in [-0.4, -0.2) is 17.4 Å². The highest BCUT2D eigenvalue weighted by molar-refractivity contribution is 9.10. The number of nitro benzene ring substituents is 1. The molecule has 1 amide bonds. The minimum atomic E-state index is -0.457. The Kier molecular flexibility index (Phi) is 5.33. The van der Waals surface area contributed by atoms with Gasteiger partial charge in [0.05, 0.1) is 4.92 Å². The van der Waals surface area contributed by atoms with Crippen LogP contribution in [0.5, 0.6) is 5.75 Å². The van der Waals surface area contributed by atoms with E-state index in [4.69, 9.17) is 4.74 Å². The second-order valence-electron chi connectivity index (χ2n) is 5.01. The molecule has 2 aromatic rings. The molecule has 7 heteroatoms. The summed E-state index contributed by atoms with van der Waals surface area (Å²) in [6.45, 7) is 3.37. The van der Waals surface area contributed by atoms with Crippen molar-refractivity contribution in [2.45, 2.75) is 13.8 Å². The van der Waals surface area contributed by atoms with E-state index in [1.54, 1.807) is 13.0 Å². The number of halogens is 1. The van der Waals surface area contributed by atoms with Crippen LogP contribution in [0, 0.1) is 24.0 Å². The zero-order valence-corrected chi connectivity index (χ0v) is 14.2. The van der Waals surface area contributed by atoms with Crippen LogP contribution in [0.25, 0.3) is 0 Å². The third-order valence-corrected chi connectivity index (χ3v) is 4.07. The lowest BCUT2D eigenvalue weighted by atomic mass is 10.2. The summed E-state index contributed by atoms with van der Waals surface area (Å²) in [7, 11) is 0. The van der Waals surface area contributed by atoms with Gasteiger partial charge in [0, 0.05) is 21.8 Å². The van der Waals surface area contributed by atoms with E-state index in [0.29, 0.717) is 17.0 Å². The van der Waals surface area contributed by atoms with E-state index < -0.39 is 4.92 Å². The highest BCUT2D eigenvalue weighted by Gasteiger charge is 2.11. The molecule has 0 unspecified atom stereocenters. The van der Waals surface area contributed by atoms with Crippen LogP contribution in [0.3, 0.4) is 0 Å². The monoisotopic (exact) mass is 378 g/mol. The average Bonchev–Trinajstić information content (AvgIpc) is 2.48. The van der Waals surface area contributed by atoms with Gasteiger partial charge in [0.2, 0.25) is 0 Å². The molecule has 0 bridgehead atoms. The van der Waals surface area contributed by atoms with Gasteiger partial charge < -0.3 is 10.1 Å². The van der Waals surface area contributed by atoms with Gasteiger partial charge in [-0.1, -0.05) is 15.9 Å². The molecule has 23 heavy (non-hydrogen) atoms. The number of nitrogens with one attached hydrogen (secondary N) is 1. The molecule has 6 nitrogen and oxygen atoms in total. The fraction of sp³-hybridized carbons (Fsp3) is 0.188. The summed E-state index contributed by atoms with van der Waals surface area (Å²) in [5.74, 6) is 0.109. The number of carbonyl (C=O) groups excluding carboxylic acids is 1. The molecule has 2 rings (SSSR count). The molecule has 0 atom stereocenters. The average molecular weight is 379 g/mol. The van der Waals surface area contributed by atoms with Crippen LogP contribution in [0.1, 0.15) is 11.1 Å². The van der Waals surface area contributed by atoms with E-state index in [0.717, 1.165) is 10.0 Å². The van der Waals surface area contributed by atoms with E-state index in [1.807, 2.05) is 19.1 Å². The van der Waals surface area contributed by atoms with Gasteiger partial charge in [-0.15, -0.1) is 0 Å². The Balaban J connectivity index is 1.95. The summed E-state index contributed by atoms with van der Waals surface area (Å²) in [5.41, 5.74) is 2.19. The summed E-state index contributed by atoms with van der Waals surface area (Å²) >= 11 is 3.39. The molecule has 0 spiro atoms. The van der Waals surface area contributed by atoms with E-state index >= 15 is 0 Å². The Morgan fingerprint density at radius 3 is 2.57 bits per heavy atom. The standard InChI is InChI=1S/C16H15BrN2O4/c1-10-7-12(3-5-14(10)17)18-16(20)9-23-13-4-6-15(19(21)22)11(2)8-13/h3-8H,9H2,1-2H3,(H,18,20). The number of ether oxygens (including phenoxy) is 1. The number of hydrogen-bond acceptors (Lipinski definition) is 4. The van der Waals surface area contributed by atoms with Gasteiger partial charge in [-0.2, -0.15) is 0 Å². The van der Waals surface area contributed by atoms with Crippen molar-refractivity contribution in [2.75, 3.05) is 11.9 Å². The lowest BCUT2D eigenvalue weighted by Gasteiger charge is -2.09. The van der Waals surface area contributed by atoms with Crippen molar-refractivity contribution in [1.82, 2.24) is 0 Å². The highest BCUT2D eigenvalue weighted by Crippen LogP contribution is 2.23. The molecule has 0 aliphatic rings. The van der Waals surface area contributed by atoms with Crippen molar-refractivity contribution < 1.29 is 14.5 Å². The SMILES string of the molecule is Cc1cc(NC(=O)COc2ccc([N+](=O)[O-])c(C)c2)ccc1Br. The molecular formula is C16H15BrN2O4. The predicted octanol–water partition coefficient (Wildman–Crippen LogP) is 3.99. The maximum absolute atomic E-state index is 11.9. The molecule has 0 aliphatic heterocycles. The Bertz CT molecular complexity index is 762. The summed E-state index contributed by atoms with van der Waals surface area (Å²) in [6, 6.07) is 9.85. The zero-order chi connectivity index (χ0) is 17.0. The predicted molar refractivity (Wildman–Crippen MR) is 90.8 cm³/mol. The molecular weight excluding hydrogens is 364 g/mol. The fourth-order valence-corrected chi connectivity index (χ4v) is 2.24. The molecule has 0 radical (unpaired) electrons. The van der Waals surface area contributed by atoms with E-state index in [-0.39, 0.29) is 18.2 Å². The van der Waals surface area contributed by atoms with Crippen LogP contribution in [0.2, 0.25) is 0 Å². The number of anilines is 1. The molecule has 1 N–H and O–H groups in total. The normalized spacial score (nSPS) is 10.2. The van der Waals surface area contributed by atoms with Gasteiger partial charge in [0.15, 0.2) is 6.61 Å². The lowest BCUT2D eigenvalue weighted by molar-refractivity contribution is -0.385. The van der Waals surface area contributed by atoms with Crippen molar-refractivity contribution in [3.63, 3.8) is 0 Å². The summed E-state index contributed by atoms with van der Waals surface area (Å²) in [5, 5.41) is 13.5. The Morgan fingerprint density at radius 1 is 1.22 bits per heavy atom. The number of amides is 1. The first-order chi connectivity index (χ1) is 10.9. The van der Waals surface area contributed by atoms with Gasteiger partial charge in [-0.25, -0.2) is 0 Å². The first kappa shape index (κ1) is 17.0. The second kappa shape index (κ2) is 7.23. The minimum Gasteiger partial charge on any atom is -0.484 e. The Morgan fingerprint density at radius 2 is 1.96 bits per heavy atom. The third kappa shape index (κ3) is 4.53. The first-order valence-electron chi connectivity index (χ1n) is 6.80. The number of rotatable bonds is 5. The van der Waals surface area contributed by atoms with Gasteiger partial charge >= 0.3 is 0 Å². The molecule has 0 aliphatic carbocycles. The highest BCUT2D eigenvalue weighted by atomic mass is 79.9. The second-order valence-corrected chi connectivity index (χ2v) is 5.86. The number of carbonyl (C=O) groups is 1. The first-order valence-corrected chi connectivity index (χ1v) is 7.60. The van der Waals surface area contributed by atoms with Crippen molar-refractivity contribution in [1.29, 1.82) is 0 Å². The van der Waals surface area contributed by atoms with E-state index in [9.17, 15) is 14.9 Å². The summed E-state index contributed by atoms with van der Waals surface area (Å²) in [4.78, 5) is 22.2. The topological polar surface area (TPSA) is 81.5 Å². The summed E-state index contributed by atoms with van der Waals surface area (Å²) in [6.07, 6.45) is 0. The van der Waals surface area contributed by atoms with Crippen molar-refractivity contribution in [3.8, 4) is 5.75 Å². The van der Waals surface area contributed by atoms with Crippen molar-refractivity contribution in [3.05, 3.63) is 62.1 Å². The molecule has 2 aromatic carbocycles. The number of nitrogens with zero attached hydrogens (tertiary/aromatic N) is 1. The number of hydrogen-bond donors (Lipinski definition) is 1. The number of aryl methyl sites for hydroxylation is 2. The van der Waals surface area contributed by atoms with Gasteiger partial charge in [-0.05, 0) is 49.7 Å². The Hall–Kier alpha value is -2.41. The molecule has 120 valence electrons. The smallest absolute Gasteiger partial charge is 0.272 e. The van der Waals surface area contributed by atoms with Gasteiger partial charge in [0.25, 0.3) is 11.6 Å². The maximum Gasteiger partial charge on any atom is 0.272 e. The third-order valence-electron chi connectivity index (χ3n) is 3.18. The van der Waals surface area contributed by atoms with Crippen molar-refractivity contribution >= 4 is 33.2 Å². The molecule has 0 aromatic heterocycles. The molecule has 0 saturated carbocycles. The molecule has 0 saturated heterocycles. The molecule has 0 heterocycles. The Labute approximate surface area is 141 Å². The number of nitro groups is 1. The lowest BCUT2D eigenvalue weighted by Crippen LogP contribution is -2.20. The van der Waals surface area contributed by atoms with Gasteiger partial charge in [-0.3, -0.25) is 14.9 Å². The van der Waals surface area contributed by atoms with Crippen molar-refractivity contribution in [2.24, 2.45) is 0 Å². The van der Waals surface area contributed by atoms with E-state index in [2.05, 4.69) is 21.2 Å². The summed E-state index contributed by atoms with van der Waals surface area (Å²) < 4.78 is 6.33. The molecule has 0 fully saturated rings. The largest absolute Gasteiger partial charge is 0.484 e. The van der Waals surface area contributed by atoms with Gasteiger partial charge in [0.1, 0.15) is 5.75 Å². The van der Waals surface area contributed by atoms with Crippen LogP contribution in [0.15, 0.2) is 40.9 Å². The zero-order valence-electron chi connectivity index (χ0n) is 12.6. The van der Waals surface area contributed by atoms with Crippen LogP contribution < -0.4 is 10.1 Å². The van der Waals surface area contributed by atoms with E-state index in [1.165, 1.54) is 18.2 Å². The number of benzene rings is 2. The quantitative estimate of drug-likeness (QED) is 0.629. The minimum absolute atomic E-state index is 0.0205.